The van der Waals surface area contributed by atoms with Crippen LogP contribution >= 0.6 is 0 Å². The molecule has 0 spiro atoms. The van der Waals surface area contributed by atoms with Crippen molar-refractivity contribution in [3.05, 3.63) is 29.8 Å². The maximum atomic E-state index is 10.4. The van der Waals surface area contributed by atoms with Gasteiger partial charge in [-0.3, -0.25) is 0 Å². The average molecular weight is 277 g/mol. The van der Waals surface area contributed by atoms with Crippen molar-refractivity contribution in [3.8, 4) is 5.75 Å². The lowest BCUT2D eigenvalue weighted by atomic mass is 9.87. The highest BCUT2D eigenvalue weighted by Crippen LogP contribution is 2.27. The lowest BCUT2D eigenvalue weighted by Crippen LogP contribution is -2.38. The zero-order chi connectivity index (χ0) is 14.4. The molecule has 1 heterocycles. The van der Waals surface area contributed by atoms with Crippen LogP contribution in [0.5, 0.6) is 5.75 Å². The Morgan fingerprint density at radius 1 is 1.30 bits per heavy atom. The molecule has 1 aromatic carbocycles. The highest BCUT2D eigenvalue weighted by Gasteiger charge is 2.23. The highest BCUT2D eigenvalue weighted by molar-refractivity contribution is 5.28. The van der Waals surface area contributed by atoms with Crippen molar-refractivity contribution in [2.75, 3.05) is 13.2 Å². The molecule has 112 valence electrons. The Hall–Kier alpha value is -1.06. The van der Waals surface area contributed by atoms with Crippen molar-refractivity contribution < 1.29 is 9.84 Å². The summed E-state index contributed by atoms with van der Waals surface area (Å²) in [6, 6.07) is 8.25. The van der Waals surface area contributed by atoms with Gasteiger partial charge in [-0.1, -0.05) is 25.5 Å². The molecule has 0 saturated carbocycles. The van der Waals surface area contributed by atoms with Gasteiger partial charge in [0.2, 0.25) is 0 Å². The summed E-state index contributed by atoms with van der Waals surface area (Å²) in [5, 5.41) is 13.9. The Labute approximate surface area is 122 Å². The molecule has 0 radical (unpaired) electrons. The molecular weight excluding hydrogens is 250 g/mol. The number of hydrogen-bond donors (Lipinski definition) is 2. The number of rotatable bonds is 6. The van der Waals surface area contributed by atoms with Crippen LogP contribution in [0.25, 0.3) is 0 Å². The molecule has 2 rings (SSSR count). The van der Waals surface area contributed by atoms with Gasteiger partial charge in [0.1, 0.15) is 5.75 Å². The van der Waals surface area contributed by atoms with Crippen LogP contribution in [-0.4, -0.2) is 24.3 Å². The van der Waals surface area contributed by atoms with Crippen LogP contribution in [0.15, 0.2) is 24.3 Å². The molecule has 1 aliphatic heterocycles. The maximum absolute atomic E-state index is 10.4. The Bertz CT molecular complexity index is 390. The van der Waals surface area contributed by atoms with Crippen LogP contribution in [0.3, 0.4) is 0 Å². The Morgan fingerprint density at radius 3 is 2.70 bits per heavy atom. The zero-order valence-electron chi connectivity index (χ0n) is 12.6. The monoisotopic (exact) mass is 277 g/mol. The summed E-state index contributed by atoms with van der Waals surface area (Å²) < 4.78 is 5.43. The van der Waals surface area contributed by atoms with Crippen LogP contribution in [-0.2, 0) is 0 Å². The number of benzene rings is 1. The first kappa shape index (κ1) is 15.3. The Balaban J connectivity index is 1.88. The van der Waals surface area contributed by atoms with E-state index in [1.165, 1.54) is 19.3 Å². The lowest BCUT2D eigenvalue weighted by Gasteiger charge is -2.31. The third-order valence-corrected chi connectivity index (χ3v) is 4.26. The van der Waals surface area contributed by atoms with Gasteiger partial charge in [0.15, 0.2) is 0 Å². The van der Waals surface area contributed by atoms with Gasteiger partial charge in [-0.05, 0) is 56.3 Å². The van der Waals surface area contributed by atoms with Crippen molar-refractivity contribution in [1.29, 1.82) is 0 Å². The van der Waals surface area contributed by atoms with Gasteiger partial charge < -0.3 is 15.2 Å². The van der Waals surface area contributed by atoms with Crippen molar-refractivity contribution in [2.45, 2.75) is 51.7 Å². The van der Waals surface area contributed by atoms with Crippen LogP contribution < -0.4 is 10.1 Å². The van der Waals surface area contributed by atoms with E-state index in [-0.39, 0.29) is 0 Å². The van der Waals surface area contributed by atoms with E-state index in [0.717, 1.165) is 30.2 Å². The van der Waals surface area contributed by atoms with E-state index in [2.05, 4.69) is 12.2 Å². The molecule has 3 nitrogen and oxygen atoms in total. The van der Waals surface area contributed by atoms with E-state index in [4.69, 9.17) is 4.74 Å². The molecule has 0 aromatic heterocycles. The molecule has 0 amide bonds. The second-order valence-electron chi connectivity index (χ2n) is 5.70. The molecule has 2 N–H and O–H groups in total. The maximum Gasteiger partial charge on any atom is 0.119 e. The van der Waals surface area contributed by atoms with Gasteiger partial charge in [0, 0.05) is 6.04 Å². The fourth-order valence-corrected chi connectivity index (χ4v) is 3.00. The number of hydrogen-bond acceptors (Lipinski definition) is 3. The van der Waals surface area contributed by atoms with Crippen molar-refractivity contribution in [2.24, 2.45) is 5.92 Å². The zero-order valence-corrected chi connectivity index (χ0v) is 12.6. The van der Waals surface area contributed by atoms with Gasteiger partial charge in [0.25, 0.3) is 0 Å². The molecule has 3 atom stereocenters. The molecule has 3 heteroatoms. The van der Waals surface area contributed by atoms with Crippen LogP contribution in [0.4, 0.5) is 0 Å². The lowest BCUT2D eigenvalue weighted by molar-refractivity contribution is 0.136. The van der Waals surface area contributed by atoms with Crippen LogP contribution in [0.1, 0.15) is 51.2 Å². The van der Waals surface area contributed by atoms with E-state index >= 15 is 0 Å². The molecular formula is C17H27NO2. The van der Waals surface area contributed by atoms with Crippen LogP contribution in [0.2, 0.25) is 0 Å². The SMILES string of the molecule is CCOc1ccc(C(O)CC2CC(CC)CCN2)cc1. The first-order chi connectivity index (χ1) is 9.72. The van der Waals surface area contributed by atoms with E-state index in [1.54, 1.807) is 0 Å². The van der Waals surface area contributed by atoms with Gasteiger partial charge in [-0.15, -0.1) is 0 Å². The smallest absolute Gasteiger partial charge is 0.119 e. The van der Waals surface area contributed by atoms with Crippen molar-refractivity contribution >= 4 is 0 Å². The van der Waals surface area contributed by atoms with Crippen molar-refractivity contribution in [1.82, 2.24) is 5.32 Å². The topological polar surface area (TPSA) is 41.5 Å². The number of piperidine rings is 1. The Kier molecular flexibility index (Phi) is 5.86. The number of aliphatic hydroxyl groups is 1. The van der Waals surface area contributed by atoms with E-state index in [9.17, 15) is 5.11 Å². The van der Waals surface area contributed by atoms with Crippen LogP contribution in [0, 0.1) is 5.92 Å². The minimum atomic E-state index is -0.390. The number of nitrogens with one attached hydrogen (secondary N) is 1. The largest absolute Gasteiger partial charge is 0.494 e. The summed E-state index contributed by atoms with van der Waals surface area (Å²) in [7, 11) is 0. The standard InChI is InChI=1S/C17H27NO2/c1-3-13-9-10-18-15(11-13)12-17(19)14-5-7-16(8-6-14)20-4-2/h5-8,13,15,17-19H,3-4,9-12H2,1-2H3. The van der Waals surface area contributed by atoms with Gasteiger partial charge in [-0.25, -0.2) is 0 Å². The first-order valence-corrected chi connectivity index (χ1v) is 7.87. The fourth-order valence-electron chi connectivity index (χ4n) is 3.00. The molecule has 1 fully saturated rings. The minimum Gasteiger partial charge on any atom is -0.494 e. The third-order valence-electron chi connectivity index (χ3n) is 4.26. The molecule has 1 aliphatic rings. The molecule has 0 bridgehead atoms. The van der Waals surface area contributed by atoms with Gasteiger partial charge in [0.05, 0.1) is 12.7 Å². The number of aliphatic hydroxyl groups excluding tert-OH is 1. The molecule has 0 aliphatic carbocycles. The predicted octanol–water partition coefficient (Wildman–Crippen LogP) is 3.29. The normalized spacial score (nSPS) is 24.4. The highest BCUT2D eigenvalue weighted by atomic mass is 16.5. The van der Waals surface area contributed by atoms with Gasteiger partial charge in [-0.2, -0.15) is 0 Å². The fraction of sp³-hybridized carbons (Fsp3) is 0.647. The summed E-state index contributed by atoms with van der Waals surface area (Å²) >= 11 is 0. The third kappa shape index (κ3) is 4.22. The van der Waals surface area contributed by atoms with Gasteiger partial charge >= 0.3 is 0 Å². The Morgan fingerprint density at radius 2 is 2.05 bits per heavy atom. The van der Waals surface area contributed by atoms with Crippen molar-refractivity contribution in [3.63, 3.8) is 0 Å². The van der Waals surface area contributed by atoms with E-state index in [0.29, 0.717) is 12.6 Å². The molecule has 1 aromatic rings. The second-order valence-corrected chi connectivity index (χ2v) is 5.70. The first-order valence-electron chi connectivity index (χ1n) is 7.87. The predicted molar refractivity (Wildman–Crippen MR) is 82.0 cm³/mol. The average Bonchev–Trinajstić information content (AvgIpc) is 2.48. The second kappa shape index (κ2) is 7.65. The summed E-state index contributed by atoms with van der Waals surface area (Å²) in [5.41, 5.74) is 0.980. The summed E-state index contributed by atoms with van der Waals surface area (Å²) in [6.45, 7) is 5.99. The van der Waals surface area contributed by atoms with E-state index < -0.39 is 6.10 Å². The minimum absolute atomic E-state index is 0.390. The molecule has 20 heavy (non-hydrogen) atoms. The molecule has 3 unspecified atom stereocenters. The summed E-state index contributed by atoms with van der Waals surface area (Å²) in [6.07, 6.45) is 4.11. The quantitative estimate of drug-likeness (QED) is 0.838. The van der Waals surface area contributed by atoms with E-state index in [1.807, 2.05) is 31.2 Å². The summed E-state index contributed by atoms with van der Waals surface area (Å²) in [5.74, 6) is 1.68. The number of ether oxygens (including phenoxy) is 1. The summed E-state index contributed by atoms with van der Waals surface area (Å²) in [4.78, 5) is 0. The molecule has 1 saturated heterocycles.